The van der Waals surface area contributed by atoms with Crippen LogP contribution in [-0.4, -0.2) is 22.1 Å². The molecule has 0 radical (unpaired) electrons. The first-order valence-electron chi connectivity index (χ1n) is 8.26. The minimum absolute atomic E-state index is 0.347. The van der Waals surface area contributed by atoms with E-state index in [1.54, 1.807) is 0 Å². The van der Waals surface area contributed by atoms with Crippen LogP contribution in [-0.2, 0) is 24.1 Å². The standard InChI is InChI=1S/C20H22N2O2/c21-17(20(23)24)13-16-15-10-4-5-11-18(15)22-19(16)12-6-9-14-7-2-1-3-8-14/h1-5,7-8,10-11,17,22H,6,9,12-13,21H2,(H,23,24). The number of fused-ring (bicyclic) bond motifs is 1. The largest absolute Gasteiger partial charge is 0.480 e. The Morgan fingerprint density at radius 3 is 2.50 bits per heavy atom. The molecule has 0 aliphatic heterocycles. The van der Waals surface area contributed by atoms with Gasteiger partial charge in [-0.2, -0.15) is 0 Å². The first kappa shape index (κ1) is 16.3. The maximum atomic E-state index is 11.1. The molecule has 124 valence electrons. The van der Waals surface area contributed by atoms with Crippen LogP contribution in [0.2, 0.25) is 0 Å². The van der Waals surface area contributed by atoms with E-state index in [0.29, 0.717) is 6.42 Å². The fourth-order valence-electron chi connectivity index (χ4n) is 3.12. The molecule has 1 atom stereocenters. The predicted octanol–water partition coefficient (Wildman–Crippen LogP) is 3.30. The Bertz CT molecular complexity index is 824. The number of rotatable bonds is 7. The zero-order chi connectivity index (χ0) is 16.9. The van der Waals surface area contributed by atoms with Crippen LogP contribution in [0, 0.1) is 0 Å². The first-order valence-corrected chi connectivity index (χ1v) is 8.26. The van der Waals surface area contributed by atoms with E-state index in [9.17, 15) is 4.79 Å². The van der Waals surface area contributed by atoms with Crippen molar-refractivity contribution in [3.05, 3.63) is 71.4 Å². The van der Waals surface area contributed by atoms with Crippen molar-refractivity contribution in [3.8, 4) is 0 Å². The molecular weight excluding hydrogens is 300 g/mol. The topological polar surface area (TPSA) is 79.1 Å². The van der Waals surface area contributed by atoms with Crippen molar-refractivity contribution in [1.29, 1.82) is 0 Å². The number of H-pyrrole nitrogens is 1. The number of aromatic amines is 1. The zero-order valence-electron chi connectivity index (χ0n) is 13.5. The van der Waals surface area contributed by atoms with Gasteiger partial charge < -0.3 is 15.8 Å². The molecule has 2 aromatic carbocycles. The number of para-hydroxylation sites is 1. The summed E-state index contributed by atoms with van der Waals surface area (Å²) in [6, 6.07) is 17.5. The highest BCUT2D eigenvalue weighted by atomic mass is 16.4. The molecule has 0 aliphatic rings. The lowest BCUT2D eigenvalue weighted by molar-refractivity contribution is -0.138. The zero-order valence-corrected chi connectivity index (χ0v) is 13.5. The van der Waals surface area contributed by atoms with E-state index in [1.807, 2.05) is 30.3 Å². The molecule has 24 heavy (non-hydrogen) atoms. The number of aryl methyl sites for hydroxylation is 2. The van der Waals surface area contributed by atoms with E-state index in [2.05, 4.69) is 29.2 Å². The Balaban J connectivity index is 1.79. The van der Waals surface area contributed by atoms with Crippen molar-refractivity contribution in [2.75, 3.05) is 0 Å². The number of benzene rings is 2. The van der Waals surface area contributed by atoms with Gasteiger partial charge >= 0.3 is 5.97 Å². The van der Waals surface area contributed by atoms with Crippen molar-refractivity contribution >= 4 is 16.9 Å². The third kappa shape index (κ3) is 3.66. The Morgan fingerprint density at radius 2 is 1.75 bits per heavy atom. The Hall–Kier alpha value is -2.59. The third-order valence-electron chi connectivity index (χ3n) is 4.38. The lowest BCUT2D eigenvalue weighted by Gasteiger charge is -2.09. The predicted molar refractivity (Wildman–Crippen MR) is 96.1 cm³/mol. The monoisotopic (exact) mass is 322 g/mol. The fourth-order valence-corrected chi connectivity index (χ4v) is 3.12. The number of nitrogens with one attached hydrogen (secondary N) is 1. The maximum absolute atomic E-state index is 11.1. The summed E-state index contributed by atoms with van der Waals surface area (Å²) in [4.78, 5) is 14.6. The summed E-state index contributed by atoms with van der Waals surface area (Å²) in [5.74, 6) is -0.962. The van der Waals surface area contributed by atoms with Gasteiger partial charge in [-0.3, -0.25) is 4.79 Å². The summed E-state index contributed by atoms with van der Waals surface area (Å²) in [7, 11) is 0. The number of carbonyl (C=O) groups is 1. The van der Waals surface area contributed by atoms with Crippen LogP contribution < -0.4 is 5.73 Å². The second-order valence-corrected chi connectivity index (χ2v) is 6.12. The normalized spacial score (nSPS) is 12.4. The second-order valence-electron chi connectivity index (χ2n) is 6.12. The van der Waals surface area contributed by atoms with E-state index >= 15 is 0 Å². The minimum Gasteiger partial charge on any atom is -0.480 e. The van der Waals surface area contributed by atoms with Gasteiger partial charge in [0.25, 0.3) is 0 Å². The van der Waals surface area contributed by atoms with Gasteiger partial charge in [-0.15, -0.1) is 0 Å². The SMILES string of the molecule is NC(Cc1c(CCCc2ccccc2)[nH]c2ccccc12)C(=O)O. The van der Waals surface area contributed by atoms with Crippen molar-refractivity contribution in [1.82, 2.24) is 4.98 Å². The molecule has 3 rings (SSSR count). The highest BCUT2D eigenvalue weighted by Gasteiger charge is 2.18. The van der Waals surface area contributed by atoms with E-state index < -0.39 is 12.0 Å². The Labute approximate surface area is 141 Å². The smallest absolute Gasteiger partial charge is 0.320 e. The summed E-state index contributed by atoms with van der Waals surface area (Å²) in [6.07, 6.45) is 3.23. The number of carboxylic acid groups (broad SMARTS) is 1. The van der Waals surface area contributed by atoms with Gasteiger partial charge in [0.2, 0.25) is 0 Å². The molecule has 3 aromatic rings. The van der Waals surface area contributed by atoms with Crippen LogP contribution in [0.15, 0.2) is 54.6 Å². The van der Waals surface area contributed by atoms with E-state index in [-0.39, 0.29) is 0 Å². The molecular formula is C20H22N2O2. The number of aliphatic carboxylic acids is 1. The molecule has 0 saturated carbocycles. The fraction of sp³-hybridized carbons (Fsp3) is 0.250. The van der Waals surface area contributed by atoms with E-state index in [4.69, 9.17) is 10.8 Å². The van der Waals surface area contributed by atoms with Crippen LogP contribution in [0.4, 0.5) is 0 Å². The van der Waals surface area contributed by atoms with Crippen molar-refractivity contribution in [2.24, 2.45) is 5.73 Å². The van der Waals surface area contributed by atoms with Gasteiger partial charge in [0.15, 0.2) is 0 Å². The van der Waals surface area contributed by atoms with Crippen LogP contribution in [0.5, 0.6) is 0 Å². The average molecular weight is 322 g/mol. The van der Waals surface area contributed by atoms with Crippen LogP contribution in [0.3, 0.4) is 0 Å². The first-order chi connectivity index (χ1) is 11.6. The van der Waals surface area contributed by atoms with Crippen LogP contribution in [0.25, 0.3) is 10.9 Å². The number of aromatic nitrogens is 1. The maximum Gasteiger partial charge on any atom is 0.320 e. The summed E-state index contributed by atoms with van der Waals surface area (Å²) < 4.78 is 0. The highest BCUT2D eigenvalue weighted by molar-refractivity contribution is 5.85. The van der Waals surface area contributed by atoms with E-state index in [0.717, 1.165) is 41.4 Å². The highest BCUT2D eigenvalue weighted by Crippen LogP contribution is 2.25. The van der Waals surface area contributed by atoms with Gasteiger partial charge in [0, 0.05) is 23.0 Å². The van der Waals surface area contributed by atoms with Gasteiger partial charge in [-0.05, 0) is 36.5 Å². The third-order valence-corrected chi connectivity index (χ3v) is 4.38. The van der Waals surface area contributed by atoms with Crippen molar-refractivity contribution < 1.29 is 9.90 Å². The van der Waals surface area contributed by atoms with Crippen LogP contribution in [0.1, 0.15) is 23.2 Å². The molecule has 1 aromatic heterocycles. The number of carboxylic acids is 1. The number of hydrogen-bond donors (Lipinski definition) is 3. The molecule has 0 bridgehead atoms. The van der Waals surface area contributed by atoms with E-state index in [1.165, 1.54) is 5.56 Å². The molecule has 1 heterocycles. The molecule has 0 saturated heterocycles. The molecule has 4 heteroatoms. The molecule has 0 spiro atoms. The van der Waals surface area contributed by atoms with Gasteiger partial charge in [0.05, 0.1) is 0 Å². The Kier molecular flexibility index (Phi) is 4.96. The van der Waals surface area contributed by atoms with Gasteiger partial charge in [0.1, 0.15) is 6.04 Å². The summed E-state index contributed by atoms with van der Waals surface area (Å²) in [6.45, 7) is 0. The molecule has 0 fully saturated rings. The molecule has 4 nitrogen and oxygen atoms in total. The van der Waals surface area contributed by atoms with Crippen molar-refractivity contribution in [3.63, 3.8) is 0 Å². The quantitative estimate of drug-likeness (QED) is 0.624. The molecule has 1 unspecified atom stereocenters. The molecule has 4 N–H and O–H groups in total. The lowest BCUT2D eigenvalue weighted by Crippen LogP contribution is -2.32. The summed E-state index contributed by atoms with van der Waals surface area (Å²) in [5, 5.41) is 10.2. The van der Waals surface area contributed by atoms with Crippen molar-refractivity contribution in [2.45, 2.75) is 31.7 Å². The molecule has 0 amide bonds. The van der Waals surface area contributed by atoms with Gasteiger partial charge in [-0.1, -0.05) is 48.5 Å². The second kappa shape index (κ2) is 7.32. The summed E-state index contributed by atoms with van der Waals surface area (Å²) >= 11 is 0. The van der Waals surface area contributed by atoms with Crippen LogP contribution >= 0.6 is 0 Å². The summed E-state index contributed by atoms with van der Waals surface area (Å²) in [5.41, 5.74) is 10.3. The average Bonchev–Trinajstić information content (AvgIpc) is 2.93. The minimum atomic E-state index is -0.962. The lowest BCUT2D eigenvalue weighted by atomic mass is 9.99. The Morgan fingerprint density at radius 1 is 1.04 bits per heavy atom. The van der Waals surface area contributed by atoms with Gasteiger partial charge in [-0.25, -0.2) is 0 Å². The number of nitrogens with two attached hydrogens (primary N) is 1. The molecule has 0 aliphatic carbocycles. The number of hydrogen-bond acceptors (Lipinski definition) is 2.